The molecule has 0 aromatic heterocycles. The van der Waals surface area contributed by atoms with E-state index in [0.717, 1.165) is 6.42 Å². The van der Waals surface area contributed by atoms with Crippen molar-refractivity contribution in [2.45, 2.75) is 57.7 Å². The Morgan fingerprint density at radius 2 is 1.66 bits per heavy atom. The zero-order valence-electron chi connectivity index (χ0n) is 16.7. The second kappa shape index (κ2) is 9.30. The summed E-state index contributed by atoms with van der Waals surface area (Å²) in [5, 5.41) is 10.0. The first-order chi connectivity index (χ1) is 13.5. The summed E-state index contributed by atoms with van der Waals surface area (Å²) in [6, 6.07) is 0. The third-order valence-electron chi connectivity index (χ3n) is 5.46. The standard InChI is InChI=1S/C16H30O11P2/c1-9(2)26-28(18,19)25-8-14-16(12(17)6-23-14)27-29(20,21)24-7-13-15-10(3)4-11(15)5-22-13/h9-17H,4-8H2,1-3H3,(H,18,19)(H,20,21)/t10-,11-,12-,13+,14+,15?,16?/m0/s1. The number of aliphatic hydroxyl groups excluding tert-OH is 1. The number of phosphoric acid groups is 2. The fraction of sp³-hybridized carbons (Fsp3) is 1.00. The Labute approximate surface area is 169 Å². The van der Waals surface area contributed by atoms with Crippen LogP contribution in [0.25, 0.3) is 0 Å². The van der Waals surface area contributed by atoms with E-state index in [-0.39, 0.29) is 19.3 Å². The third-order valence-corrected chi connectivity index (χ3v) is 7.61. The lowest BCUT2D eigenvalue weighted by atomic mass is 9.65. The molecule has 0 bridgehead atoms. The average molecular weight is 460 g/mol. The van der Waals surface area contributed by atoms with E-state index in [1.54, 1.807) is 13.8 Å². The molecule has 4 unspecified atom stereocenters. The quantitative estimate of drug-likeness (QED) is 0.407. The fourth-order valence-electron chi connectivity index (χ4n) is 4.18. The van der Waals surface area contributed by atoms with Crippen LogP contribution in [0.1, 0.15) is 27.2 Å². The molecule has 3 aliphatic rings. The van der Waals surface area contributed by atoms with Crippen LogP contribution in [-0.4, -0.2) is 71.8 Å². The van der Waals surface area contributed by atoms with Gasteiger partial charge in [0, 0.05) is 0 Å². The van der Waals surface area contributed by atoms with Gasteiger partial charge >= 0.3 is 15.6 Å². The molecule has 0 aromatic carbocycles. The van der Waals surface area contributed by atoms with E-state index in [1.807, 2.05) is 0 Å². The Morgan fingerprint density at radius 1 is 1.03 bits per heavy atom. The van der Waals surface area contributed by atoms with Crippen LogP contribution >= 0.6 is 15.6 Å². The molecule has 3 N–H and O–H groups in total. The van der Waals surface area contributed by atoms with Gasteiger partial charge in [0.25, 0.3) is 0 Å². The van der Waals surface area contributed by atoms with Crippen LogP contribution in [0.2, 0.25) is 0 Å². The van der Waals surface area contributed by atoms with Crippen molar-refractivity contribution in [3.63, 3.8) is 0 Å². The molecule has 0 radical (unpaired) electrons. The highest BCUT2D eigenvalue weighted by Gasteiger charge is 2.49. The van der Waals surface area contributed by atoms with Crippen LogP contribution in [0.5, 0.6) is 0 Å². The van der Waals surface area contributed by atoms with E-state index >= 15 is 0 Å². The molecular weight excluding hydrogens is 430 g/mol. The number of hydrogen-bond donors (Lipinski definition) is 3. The summed E-state index contributed by atoms with van der Waals surface area (Å²) in [7, 11) is -8.87. The van der Waals surface area contributed by atoms with Gasteiger partial charge in [-0.25, -0.2) is 9.13 Å². The number of aliphatic hydroxyl groups is 1. The lowest BCUT2D eigenvalue weighted by Gasteiger charge is -2.39. The first-order valence-electron chi connectivity index (χ1n) is 9.70. The van der Waals surface area contributed by atoms with Crippen LogP contribution in [-0.2, 0) is 36.7 Å². The molecule has 0 spiro atoms. The highest BCUT2D eigenvalue weighted by Crippen LogP contribution is 2.52. The van der Waals surface area contributed by atoms with E-state index in [9.17, 15) is 24.0 Å². The highest BCUT2D eigenvalue weighted by atomic mass is 31.2. The van der Waals surface area contributed by atoms with Gasteiger partial charge in [-0.2, -0.15) is 0 Å². The second-order valence-electron chi connectivity index (χ2n) is 8.11. The molecule has 29 heavy (non-hydrogen) atoms. The van der Waals surface area contributed by atoms with Crippen LogP contribution in [0.4, 0.5) is 0 Å². The normalized spacial score (nSPS) is 41.0. The maximum absolute atomic E-state index is 12.4. The number of phosphoric ester groups is 2. The summed E-state index contributed by atoms with van der Waals surface area (Å²) in [6.07, 6.45) is -3.29. The minimum absolute atomic E-state index is 0.0990. The van der Waals surface area contributed by atoms with Gasteiger partial charge in [-0.3, -0.25) is 18.1 Å². The average Bonchev–Trinajstić information content (AvgIpc) is 3.10. The summed E-state index contributed by atoms with van der Waals surface area (Å²) in [5.41, 5.74) is 0. The van der Waals surface area contributed by atoms with E-state index in [4.69, 9.17) is 27.6 Å². The number of fused-ring (bicyclic) bond motifs is 1. The molecule has 1 aliphatic carbocycles. The van der Waals surface area contributed by atoms with Gasteiger partial charge in [-0.05, 0) is 38.0 Å². The molecule has 3 rings (SSSR count). The van der Waals surface area contributed by atoms with Gasteiger partial charge in [0.1, 0.15) is 18.3 Å². The van der Waals surface area contributed by atoms with Gasteiger partial charge < -0.3 is 24.4 Å². The van der Waals surface area contributed by atoms with Gasteiger partial charge in [0.15, 0.2) is 0 Å². The first-order valence-corrected chi connectivity index (χ1v) is 12.7. The van der Waals surface area contributed by atoms with Crippen molar-refractivity contribution in [3.05, 3.63) is 0 Å². The van der Waals surface area contributed by atoms with Gasteiger partial charge in [-0.15, -0.1) is 0 Å². The molecule has 3 fully saturated rings. The van der Waals surface area contributed by atoms with Gasteiger partial charge in [-0.1, -0.05) is 6.92 Å². The van der Waals surface area contributed by atoms with Crippen molar-refractivity contribution in [3.8, 4) is 0 Å². The summed E-state index contributed by atoms with van der Waals surface area (Å²) in [4.78, 5) is 19.7. The Kier molecular flexibility index (Phi) is 7.62. The zero-order valence-corrected chi connectivity index (χ0v) is 18.4. The fourth-order valence-corrected chi connectivity index (χ4v) is 6.09. The van der Waals surface area contributed by atoms with Crippen molar-refractivity contribution in [2.75, 3.05) is 26.4 Å². The summed E-state index contributed by atoms with van der Waals surface area (Å²) >= 11 is 0. The lowest BCUT2D eigenvalue weighted by molar-refractivity contribution is -0.0260. The Morgan fingerprint density at radius 3 is 2.31 bits per heavy atom. The molecule has 9 atom stereocenters. The summed E-state index contributed by atoms with van der Waals surface area (Å²) < 4.78 is 54.9. The Hall–Kier alpha value is 0.1000. The number of hydrogen-bond acceptors (Lipinski definition) is 9. The predicted molar refractivity (Wildman–Crippen MR) is 98.9 cm³/mol. The zero-order chi connectivity index (χ0) is 21.4. The molecule has 2 aliphatic heterocycles. The minimum Gasteiger partial charge on any atom is -0.388 e. The van der Waals surface area contributed by atoms with E-state index in [2.05, 4.69) is 6.92 Å². The summed E-state index contributed by atoms with van der Waals surface area (Å²) in [6.45, 7) is 5.09. The van der Waals surface area contributed by atoms with Crippen molar-refractivity contribution >= 4 is 15.6 Å². The van der Waals surface area contributed by atoms with Crippen LogP contribution in [0.15, 0.2) is 0 Å². The van der Waals surface area contributed by atoms with Crippen LogP contribution in [0.3, 0.4) is 0 Å². The molecule has 1 saturated carbocycles. The van der Waals surface area contributed by atoms with Gasteiger partial charge in [0.2, 0.25) is 0 Å². The second-order valence-corrected chi connectivity index (χ2v) is 10.9. The van der Waals surface area contributed by atoms with Crippen LogP contribution < -0.4 is 0 Å². The van der Waals surface area contributed by atoms with E-state index in [0.29, 0.717) is 24.4 Å². The van der Waals surface area contributed by atoms with Crippen molar-refractivity contribution in [2.24, 2.45) is 17.8 Å². The maximum atomic E-state index is 12.4. The lowest BCUT2D eigenvalue weighted by Crippen LogP contribution is -2.39. The number of rotatable bonds is 10. The molecule has 11 nitrogen and oxygen atoms in total. The first kappa shape index (κ1) is 23.8. The van der Waals surface area contributed by atoms with E-state index < -0.39 is 46.7 Å². The molecule has 13 heteroatoms. The Bertz CT molecular complexity index is 659. The predicted octanol–water partition coefficient (Wildman–Crippen LogP) is 1.46. The Balaban J connectivity index is 1.50. The molecule has 0 aromatic rings. The van der Waals surface area contributed by atoms with Crippen LogP contribution in [0, 0.1) is 17.8 Å². The van der Waals surface area contributed by atoms with Crippen molar-refractivity contribution < 1.29 is 51.6 Å². The summed E-state index contributed by atoms with van der Waals surface area (Å²) in [5.74, 6) is 1.24. The minimum atomic E-state index is -4.54. The SMILES string of the molecule is CC(C)OP(=O)(O)OC[C@H]1OC[C@H](O)C1OP(=O)(O)OC[C@H]1OC[C@@H]2C[C@H](C)C21. The monoisotopic (exact) mass is 460 g/mol. The molecule has 2 saturated heterocycles. The topological polar surface area (TPSA) is 150 Å². The van der Waals surface area contributed by atoms with E-state index in [1.165, 1.54) is 0 Å². The highest BCUT2D eigenvalue weighted by molar-refractivity contribution is 7.47. The van der Waals surface area contributed by atoms with Gasteiger partial charge in [0.05, 0.1) is 38.6 Å². The smallest absolute Gasteiger partial charge is 0.388 e. The number of ether oxygens (including phenoxy) is 2. The maximum Gasteiger partial charge on any atom is 0.472 e. The third kappa shape index (κ3) is 6.08. The molecule has 0 amide bonds. The largest absolute Gasteiger partial charge is 0.472 e. The molecule has 170 valence electrons. The van der Waals surface area contributed by atoms with Crippen molar-refractivity contribution in [1.29, 1.82) is 0 Å². The van der Waals surface area contributed by atoms with Crippen molar-refractivity contribution in [1.82, 2.24) is 0 Å². The molecular formula is C16H30O11P2. The molecule has 2 heterocycles.